The predicted molar refractivity (Wildman–Crippen MR) is 53.9 cm³/mol. The maximum absolute atomic E-state index is 11.7. The molecule has 3 nitrogen and oxygen atoms in total. The van der Waals surface area contributed by atoms with Gasteiger partial charge in [-0.25, -0.2) is 0 Å². The summed E-state index contributed by atoms with van der Waals surface area (Å²) in [5.74, 6) is 0.0631. The van der Waals surface area contributed by atoms with E-state index in [1.54, 1.807) is 4.90 Å². The molecule has 1 aromatic rings. The van der Waals surface area contributed by atoms with E-state index in [9.17, 15) is 4.79 Å². The predicted octanol–water partition coefficient (Wildman–Crippen LogP) is 1.94. The first-order valence-corrected chi connectivity index (χ1v) is 5.50. The van der Waals surface area contributed by atoms with Crippen molar-refractivity contribution < 1.29 is 9.53 Å². The fourth-order valence-electron chi connectivity index (χ4n) is 1.16. The number of hydrogen-bond donors (Lipinski definition) is 0. The number of amides is 1. The van der Waals surface area contributed by atoms with E-state index >= 15 is 0 Å². The SMILES string of the molecule is O=C(c1ccc(Br)s1)N1CCOC1. The van der Waals surface area contributed by atoms with Crippen LogP contribution in [0.3, 0.4) is 0 Å². The van der Waals surface area contributed by atoms with Gasteiger partial charge in [0.05, 0.1) is 15.3 Å². The van der Waals surface area contributed by atoms with E-state index in [0.717, 1.165) is 8.66 Å². The molecule has 1 aliphatic rings. The van der Waals surface area contributed by atoms with E-state index in [0.29, 0.717) is 19.9 Å². The largest absolute Gasteiger partial charge is 0.359 e. The van der Waals surface area contributed by atoms with Gasteiger partial charge in [-0.2, -0.15) is 0 Å². The van der Waals surface area contributed by atoms with Crippen molar-refractivity contribution in [2.75, 3.05) is 19.9 Å². The van der Waals surface area contributed by atoms with Gasteiger partial charge in [0.15, 0.2) is 0 Å². The zero-order chi connectivity index (χ0) is 9.26. The van der Waals surface area contributed by atoms with E-state index in [1.165, 1.54) is 11.3 Å². The molecule has 1 aromatic heterocycles. The lowest BCUT2D eigenvalue weighted by Crippen LogP contribution is -2.27. The first-order valence-electron chi connectivity index (χ1n) is 3.90. The molecular formula is C8H8BrNO2S. The first-order chi connectivity index (χ1) is 6.27. The van der Waals surface area contributed by atoms with Crippen LogP contribution in [0.1, 0.15) is 9.67 Å². The highest BCUT2D eigenvalue weighted by atomic mass is 79.9. The van der Waals surface area contributed by atoms with Gasteiger partial charge in [0.25, 0.3) is 5.91 Å². The molecule has 70 valence electrons. The summed E-state index contributed by atoms with van der Waals surface area (Å²) in [6, 6.07) is 3.71. The minimum absolute atomic E-state index is 0.0631. The molecule has 0 aliphatic carbocycles. The topological polar surface area (TPSA) is 29.5 Å². The maximum atomic E-state index is 11.7. The summed E-state index contributed by atoms with van der Waals surface area (Å²) in [7, 11) is 0. The molecule has 13 heavy (non-hydrogen) atoms. The summed E-state index contributed by atoms with van der Waals surface area (Å²) < 4.78 is 6.09. The zero-order valence-corrected chi connectivity index (χ0v) is 9.23. The number of hydrogen-bond acceptors (Lipinski definition) is 3. The molecule has 5 heteroatoms. The Bertz CT molecular complexity index is 320. The smallest absolute Gasteiger partial charge is 0.265 e. The second-order valence-corrected chi connectivity index (χ2v) is 5.17. The molecule has 0 unspecified atom stereocenters. The van der Waals surface area contributed by atoms with Crippen molar-refractivity contribution in [2.24, 2.45) is 0 Å². The Morgan fingerprint density at radius 1 is 1.62 bits per heavy atom. The van der Waals surface area contributed by atoms with E-state index < -0.39 is 0 Å². The van der Waals surface area contributed by atoms with E-state index in [4.69, 9.17) is 4.74 Å². The molecule has 0 saturated carbocycles. The molecule has 0 spiro atoms. The molecular weight excluding hydrogens is 254 g/mol. The molecule has 0 bridgehead atoms. The van der Waals surface area contributed by atoms with Gasteiger partial charge in [-0.15, -0.1) is 11.3 Å². The van der Waals surface area contributed by atoms with Crippen molar-refractivity contribution in [3.05, 3.63) is 20.8 Å². The average molecular weight is 262 g/mol. The van der Waals surface area contributed by atoms with Crippen LogP contribution in [0, 0.1) is 0 Å². The van der Waals surface area contributed by atoms with Gasteiger partial charge in [0.1, 0.15) is 6.73 Å². The van der Waals surface area contributed by atoms with Gasteiger partial charge >= 0.3 is 0 Å². The third kappa shape index (κ3) is 1.92. The van der Waals surface area contributed by atoms with Crippen molar-refractivity contribution in [2.45, 2.75) is 0 Å². The highest BCUT2D eigenvalue weighted by molar-refractivity contribution is 9.11. The average Bonchev–Trinajstić information content (AvgIpc) is 2.72. The molecule has 1 fully saturated rings. The fourth-order valence-corrected chi connectivity index (χ4v) is 2.51. The molecule has 2 rings (SSSR count). The number of thiophene rings is 1. The van der Waals surface area contributed by atoms with Crippen molar-refractivity contribution in [3.8, 4) is 0 Å². The van der Waals surface area contributed by atoms with E-state index in [1.807, 2.05) is 12.1 Å². The minimum Gasteiger partial charge on any atom is -0.359 e. The summed E-state index contributed by atoms with van der Waals surface area (Å²) >= 11 is 4.78. The Morgan fingerprint density at radius 2 is 2.46 bits per heavy atom. The number of rotatable bonds is 1. The summed E-state index contributed by atoms with van der Waals surface area (Å²) in [6.45, 7) is 1.78. The molecule has 0 radical (unpaired) electrons. The fraction of sp³-hybridized carbons (Fsp3) is 0.375. The van der Waals surface area contributed by atoms with Gasteiger partial charge in [-0.05, 0) is 28.1 Å². The van der Waals surface area contributed by atoms with Crippen LogP contribution >= 0.6 is 27.3 Å². The normalized spacial score (nSPS) is 16.5. The number of halogens is 1. The Kier molecular flexibility index (Phi) is 2.66. The summed E-state index contributed by atoms with van der Waals surface area (Å²) in [5, 5.41) is 0. The summed E-state index contributed by atoms with van der Waals surface area (Å²) in [4.78, 5) is 14.2. The number of carbonyl (C=O) groups is 1. The second kappa shape index (κ2) is 3.77. The minimum atomic E-state index is 0.0631. The lowest BCUT2D eigenvalue weighted by atomic mass is 10.4. The highest BCUT2D eigenvalue weighted by Crippen LogP contribution is 2.23. The maximum Gasteiger partial charge on any atom is 0.265 e. The number of nitrogens with zero attached hydrogens (tertiary/aromatic N) is 1. The monoisotopic (exact) mass is 261 g/mol. The molecule has 1 amide bonds. The van der Waals surface area contributed by atoms with Crippen LogP contribution in [0.2, 0.25) is 0 Å². The van der Waals surface area contributed by atoms with E-state index in [2.05, 4.69) is 15.9 Å². The lowest BCUT2D eigenvalue weighted by molar-refractivity contribution is 0.0699. The standard InChI is InChI=1S/C8H8BrNO2S/c9-7-2-1-6(13-7)8(11)10-3-4-12-5-10/h1-2H,3-5H2. The quantitative estimate of drug-likeness (QED) is 0.774. The Morgan fingerprint density at radius 3 is 3.00 bits per heavy atom. The third-order valence-corrected chi connectivity index (χ3v) is 3.44. The summed E-state index contributed by atoms with van der Waals surface area (Å²) in [6.07, 6.45) is 0. The molecule has 1 saturated heterocycles. The van der Waals surface area contributed by atoms with Gasteiger partial charge in [0, 0.05) is 6.54 Å². The van der Waals surface area contributed by atoms with Crippen molar-refractivity contribution in [1.29, 1.82) is 0 Å². The summed E-state index contributed by atoms with van der Waals surface area (Å²) in [5.41, 5.74) is 0. The van der Waals surface area contributed by atoms with Crippen LogP contribution in [-0.4, -0.2) is 30.7 Å². The van der Waals surface area contributed by atoms with Gasteiger partial charge in [-0.3, -0.25) is 4.79 Å². The number of ether oxygens (including phenoxy) is 1. The number of carbonyl (C=O) groups excluding carboxylic acids is 1. The molecule has 2 heterocycles. The zero-order valence-electron chi connectivity index (χ0n) is 6.83. The lowest BCUT2D eigenvalue weighted by Gasteiger charge is -2.11. The van der Waals surface area contributed by atoms with Crippen molar-refractivity contribution in [3.63, 3.8) is 0 Å². The first kappa shape index (κ1) is 9.18. The van der Waals surface area contributed by atoms with Crippen LogP contribution in [0.5, 0.6) is 0 Å². The van der Waals surface area contributed by atoms with Gasteiger partial charge in [0.2, 0.25) is 0 Å². The van der Waals surface area contributed by atoms with Crippen LogP contribution in [-0.2, 0) is 4.74 Å². The molecule has 0 N–H and O–H groups in total. The van der Waals surface area contributed by atoms with Gasteiger partial charge in [-0.1, -0.05) is 0 Å². The van der Waals surface area contributed by atoms with Crippen LogP contribution < -0.4 is 0 Å². The molecule has 1 aliphatic heterocycles. The van der Waals surface area contributed by atoms with E-state index in [-0.39, 0.29) is 5.91 Å². The Hall–Kier alpha value is -0.390. The highest BCUT2D eigenvalue weighted by Gasteiger charge is 2.20. The second-order valence-electron chi connectivity index (χ2n) is 2.71. The third-order valence-electron chi connectivity index (χ3n) is 1.82. The van der Waals surface area contributed by atoms with Crippen molar-refractivity contribution >= 4 is 33.2 Å². The Balaban J connectivity index is 2.12. The van der Waals surface area contributed by atoms with Crippen molar-refractivity contribution in [1.82, 2.24) is 4.90 Å². The molecule has 0 aromatic carbocycles. The van der Waals surface area contributed by atoms with Crippen LogP contribution in [0.25, 0.3) is 0 Å². The van der Waals surface area contributed by atoms with Crippen LogP contribution in [0.4, 0.5) is 0 Å². The Labute approximate surface area is 88.4 Å². The van der Waals surface area contributed by atoms with Crippen LogP contribution in [0.15, 0.2) is 15.9 Å². The molecule has 0 atom stereocenters. The van der Waals surface area contributed by atoms with Gasteiger partial charge < -0.3 is 9.64 Å².